The van der Waals surface area contributed by atoms with Crippen LogP contribution in [0.2, 0.25) is 0 Å². The van der Waals surface area contributed by atoms with Gasteiger partial charge in [-0.05, 0) is 60.0 Å². The largest absolute Gasteiger partial charge is 0.573 e. The van der Waals surface area contributed by atoms with E-state index in [9.17, 15) is 18.0 Å². The van der Waals surface area contributed by atoms with Gasteiger partial charge in [-0.3, -0.25) is 9.78 Å². The van der Waals surface area contributed by atoms with Crippen molar-refractivity contribution in [1.29, 1.82) is 0 Å². The number of hydrogen-bond acceptors (Lipinski definition) is 3. The number of carbonyl (C=O) groups excluding carboxylic acids is 1. The summed E-state index contributed by atoms with van der Waals surface area (Å²) in [6.45, 7) is 1.92. The Morgan fingerprint density at radius 1 is 1.00 bits per heavy atom. The number of amides is 1. The van der Waals surface area contributed by atoms with Gasteiger partial charge in [0.05, 0.1) is 6.42 Å². The number of pyridine rings is 1. The van der Waals surface area contributed by atoms with Crippen LogP contribution in [-0.2, 0) is 11.2 Å². The van der Waals surface area contributed by atoms with Crippen LogP contribution >= 0.6 is 0 Å². The molecule has 0 spiro atoms. The summed E-state index contributed by atoms with van der Waals surface area (Å²) in [4.78, 5) is 16.3. The van der Waals surface area contributed by atoms with E-state index in [1.54, 1.807) is 18.3 Å². The summed E-state index contributed by atoms with van der Waals surface area (Å²) in [5, 5.41) is 2.77. The van der Waals surface area contributed by atoms with Gasteiger partial charge < -0.3 is 10.1 Å². The second-order valence-electron chi connectivity index (χ2n) is 6.18. The molecule has 28 heavy (non-hydrogen) atoms. The zero-order chi connectivity index (χ0) is 20.1. The highest BCUT2D eigenvalue weighted by atomic mass is 19.4. The van der Waals surface area contributed by atoms with Crippen LogP contribution in [0.3, 0.4) is 0 Å². The van der Waals surface area contributed by atoms with E-state index in [2.05, 4.69) is 15.0 Å². The molecule has 1 N–H and O–H groups in total. The Morgan fingerprint density at radius 2 is 1.68 bits per heavy atom. The zero-order valence-corrected chi connectivity index (χ0v) is 15.0. The standard InChI is InChI=1S/C21H17F3N2O2/c1-14-12-17(10-11-25-14)16-4-6-18(7-5-16)26-20(27)13-15-2-8-19(9-3-15)28-21(22,23)24/h2-12H,13H2,1H3,(H,26,27). The van der Waals surface area contributed by atoms with Crippen LogP contribution in [0.4, 0.5) is 18.9 Å². The number of ether oxygens (including phenoxy) is 1. The lowest BCUT2D eigenvalue weighted by atomic mass is 10.1. The minimum Gasteiger partial charge on any atom is -0.406 e. The van der Waals surface area contributed by atoms with Gasteiger partial charge in [0.25, 0.3) is 0 Å². The maximum absolute atomic E-state index is 12.2. The maximum Gasteiger partial charge on any atom is 0.573 e. The lowest BCUT2D eigenvalue weighted by molar-refractivity contribution is -0.274. The average Bonchev–Trinajstić information content (AvgIpc) is 2.63. The topological polar surface area (TPSA) is 51.2 Å². The Balaban J connectivity index is 1.59. The van der Waals surface area contributed by atoms with Gasteiger partial charge in [-0.2, -0.15) is 0 Å². The van der Waals surface area contributed by atoms with E-state index < -0.39 is 6.36 Å². The van der Waals surface area contributed by atoms with Crippen LogP contribution in [0.25, 0.3) is 11.1 Å². The van der Waals surface area contributed by atoms with E-state index >= 15 is 0 Å². The van der Waals surface area contributed by atoms with Crippen molar-refractivity contribution in [3.8, 4) is 16.9 Å². The van der Waals surface area contributed by atoms with Gasteiger partial charge in [-0.1, -0.05) is 24.3 Å². The number of carbonyl (C=O) groups is 1. The lowest BCUT2D eigenvalue weighted by Crippen LogP contribution is -2.17. The summed E-state index contributed by atoms with van der Waals surface area (Å²) in [6, 6.07) is 16.5. The molecule has 0 atom stereocenters. The Kier molecular flexibility index (Phi) is 5.63. The number of alkyl halides is 3. The normalized spacial score (nSPS) is 11.1. The summed E-state index contributed by atoms with van der Waals surface area (Å²) in [5.74, 6) is -0.587. The molecule has 0 aliphatic rings. The Morgan fingerprint density at radius 3 is 2.29 bits per heavy atom. The summed E-state index contributed by atoms with van der Waals surface area (Å²) in [5.41, 5.74) is 4.17. The zero-order valence-electron chi connectivity index (χ0n) is 15.0. The molecule has 3 aromatic rings. The number of hydrogen-bond donors (Lipinski definition) is 1. The summed E-state index contributed by atoms with van der Waals surface area (Å²) < 4.78 is 40.3. The number of nitrogens with zero attached hydrogens (tertiary/aromatic N) is 1. The van der Waals surface area contributed by atoms with Crippen molar-refractivity contribution in [1.82, 2.24) is 4.98 Å². The monoisotopic (exact) mass is 386 g/mol. The molecule has 0 saturated heterocycles. The van der Waals surface area contributed by atoms with Crippen LogP contribution in [0.5, 0.6) is 5.75 Å². The molecule has 0 fully saturated rings. The van der Waals surface area contributed by atoms with E-state index in [4.69, 9.17) is 0 Å². The third-order valence-electron chi connectivity index (χ3n) is 3.92. The molecule has 3 rings (SSSR count). The molecule has 0 radical (unpaired) electrons. The quantitative estimate of drug-likeness (QED) is 0.661. The first-order chi connectivity index (χ1) is 13.3. The summed E-state index contributed by atoms with van der Waals surface area (Å²) in [7, 11) is 0. The number of rotatable bonds is 5. The molecule has 144 valence electrons. The third-order valence-corrected chi connectivity index (χ3v) is 3.92. The second-order valence-corrected chi connectivity index (χ2v) is 6.18. The molecule has 1 aromatic heterocycles. The van der Waals surface area contributed by atoms with Crippen molar-refractivity contribution in [2.75, 3.05) is 5.32 Å². The summed E-state index contributed by atoms with van der Waals surface area (Å²) in [6.07, 6.45) is -2.96. The van der Waals surface area contributed by atoms with E-state index in [-0.39, 0.29) is 18.1 Å². The smallest absolute Gasteiger partial charge is 0.406 e. The van der Waals surface area contributed by atoms with Gasteiger partial charge in [0.2, 0.25) is 5.91 Å². The van der Waals surface area contributed by atoms with Gasteiger partial charge in [-0.25, -0.2) is 0 Å². The molecule has 1 heterocycles. The highest BCUT2D eigenvalue weighted by Gasteiger charge is 2.30. The molecule has 0 aliphatic carbocycles. The van der Waals surface area contributed by atoms with Crippen LogP contribution < -0.4 is 10.1 Å². The predicted octanol–water partition coefficient (Wildman–Crippen LogP) is 5.14. The molecule has 7 heteroatoms. The van der Waals surface area contributed by atoms with Crippen molar-refractivity contribution in [3.63, 3.8) is 0 Å². The first-order valence-corrected chi connectivity index (χ1v) is 8.46. The maximum atomic E-state index is 12.2. The molecular formula is C21H17F3N2O2. The SMILES string of the molecule is Cc1cc(-c2ccc(NC(=O)Cc3ccc(OC(F)(F)F)cc3)cc2)ccn1. The van der Waals surface area contributed by atoms with Gasteiger partial charge >= 0.3 is 6.36 Å². The van der Waals surface area contributed by atoms with Gasteiger partial charge in [-0.15, -0.1) is 13.2 Å². The highest BCUT2D eigenvalue weighted by Crippen LogP contribution is 2.24. The Hall–Kier alpha value is -3.35. The molecule has 4 nitrogen and oxygen atoms in total. The van der Waals surface area contributed by atoms with E-state index in [1.165, 1.54) is 24.3 Å². The first-order valence-electron chi connectivity index (χ1n) is 8.46. The highest BCUT2D eigenvalue weighted by molar-refractivity contribution is 5.92. The summed E-state index contributed by atoms with van der Waals surface area (Å²) >= 11 is 0. The fourth-order valence-electron chi connectivity index (χ4n) is 2.67. The van der Waals surface area contributed by atoms with Gasteiger partial charge in [0, 0.05) is 17.6 Å². The van der Waals surface area contributed by atoms with Gasteiger partial charge in [0.15, 0.2) is 0 Å². The Bertz CT molecular complexity index is 953. The van der Waals surface area contributed by atoms with E-state index in [0.29, 0.717) is 11.3 Å². The fraction of sp³-hybridized carbons (Fsp3) is 0.143. The van der Waals surface area contributed by atoms with Crippen molar-refractivity contribution >= 4 is 11.6 Å². The van der Waals surface area contributed by atoms with Crippen LogP contribution in [0.1, 0.15) is 11.3 Å². The third kappa shape index (κ3) is 5.57. The molecule has 2 aromatic carbocycles. The van der Waals surface area contributed by atoms with Crippen LogP contribution in [-0.4, -0.2) is 17.3 Å². The number of halogens is 3. The number of aryl methyl sites for hydroxylation is 1. The van der Waals surface area contributed by atoms with Crippen LogP contribution in [0, 0.1) is 6.92 Å². The minimum atomic E-state index is -4.74. The molecule has 0 bridgehead atoms. The van der Waals surface area contributed by atoms with E-state index in [1.807, 2.05) is 31.2 Å². The fourth-order valence-corrected chi connectivity index (χ4v) is 2.67. The molecule has 0 saturated carbocycles. The van der Waals surface area contributed by atoms with Crippen molar-refractivity contribution in [2.45, 2.75) is 19.7 Å². The van der Waals surface area contributed by atoms with Crippen molar-refractivity contribution in [3.05, 3.63) is 78.1 Å². The van der Waals surface area contributed by atoms with Crippen LogP contribution in [0.15, 0.2) is 66.9 Å². The Labute approximate surface area is 160 Å². The molecular weight excluding hydrogens is 369 g/mol. The molecule has 0 aliphatic heterocycles. The minimum absolute atomic E-state index is 0.0393. The predicted molar refractivity (Wildman–Crippen MR) is 99.9 cm³/mol. The number of nitrogens with one attached hydrogen (secondary N) is 1. The van der Waals surface area contributed by atoms with Gasteiger partial charge in [0.1, 0.15) is 5.75 Å². The molecule has 0 unspecified atom stereocenters. The van der Waals surface area contributed by atoms with Crippen molar-refractivity contribution < 1.29 is 22.7 Å². The van der Waals surface area contributed by atoms with E-state index in [0.717, 1.165) is 16.8 Å². The molecule has 1 amide bonds. The first kappa shape index (κ1) is 19.4. The lowest BCUT2D eigenvalue weighted by Gasteiger charge is -2.10. The number of aromatic nitrogens is 1. The van der Waals surface area contributed by atoms with Crippen molar-refractivity contribution in [2.24, 2.45) is 0 Å². The number of benzene rings is 2. The number of anilines is 1. The second kappa shape index (κ2) is 8.12. The average molecular weight is 386 g/mol.